The Morgan fingerprint density at radius 3 is 2.00 bits per heavy atom. The van der Waals surface area contributed by atoms with E-state index >= 15 is 0 Å². The molecule has 0 saturated carbocycles. The zero-order chi connectivity index (χ0) is 19.6. The Hall–Kier alpha value is -2.14. The Labute approximate surface area is 156 Å². The van der Waals surface area contributed by atoms with E-state index in [9.17, 15) is 13.2 Å². The second-order valence-electron chi connectivity index (χ2n) is 7.05. The predicted octanol–water partition coefficient (Wildman–Crippen LogP) is 3.97. The maximum Gasteiger partial charge on any atom is 0.264 e. The van der Waals surface area contributed by atoms with E-state index in [0.29, 0.717) is 17.5 Å². The summed E-state index contributed by atoms with van der Waals surface area (Å²) in [4.78, 5) is 12.5. The first-order valence-electron chi connectivity index (χ1n) is 8.72. The molecule has 0 unspecified atom stereocenters. The molecule has 2 aromatic carbocycles. The average molecular weight is 374 g/mol. The number of hydrogen-bond donors (Lipinski definition) is 1. The molecule has 0 aliphatic rings. The number of rotatable bonds is 5. The zero-order valence-electron chi connectivity index (χ0n) is 16.4. The normalized spacial score (nSPS) is 11.5. The van der Waals surface area contributed by atoms with E-state index in [1.807, 2.05) is 45.9 Å². The summed E-state index contributed by atoms with van der Waals surface area (Å²) in [7, 11) is -3.89. The molecule has 0 aliphatic heterocycles. The van der Waals surface area contributed by atoms with Gasteiger partial charge in [0, 0.05) is 6.42 Å². The van der Waals surface area contributed by atoms with E-state index < -0.39 is 15.9 Å². The van der Waals surface area contributed by atoms with E-state index in [4.69, 9.17) is 0 Å². The van der Waals surface area contributed by atoms with Crippen LogP contribution in [0.5, 0.6) is 0 Å². The fourth-order valence-electron chi connectivity index (χ4n) is 3.21. The number of aryl methyl sites for hydroxylation is 5. The van der Waals surface area contributed by atoms with Gasteiger partial charge in [-0.25, -0.2) is 13.1 Å². The van der Waals surface area contributed by atoms with Gasteiger partial charge in [0.15, 0.2) is 0 Å². The van der Waals surface area contributed by atoms with Gasteiger partial charge in [0.1, 0.15) is 0 Å². The minimum Gasteiger partial charge on any atom is -0.274 e. The van der Waals surface area contributed by atoms with Crippen molar-refractivity contribution in [3.05, 3.63) is 63.2 Å². The molecule has 0 spiro atoms. The Bertz CT molecular complexity index is 933. The van der Waals surface area contributed by atoms with Crippen LogP contribution in [-0.4, -0.2) is 14.3 Å². The summed E-state index contributed by atoms with van der Waals surface area (Å²) in [5, 5.41) is 0. The van der Waals surface area contributed by atoms with Gasteiger partial charge in [0.05, 0.1) is 4.90 Å². The monoisotopic (exact) mass is 373 g/mol. The van der Waals surface area contributed by atoms with Crippen LogP contribution in [0.25, 0.3) is 0 Å². The third-order valence-electron chi connectivity index (χ3n) is 4.93. The van der Waals surface area contributed by atoms with Crippen molar-refractivity contribution in [2.45, 2.75) is 59.3 Å². The lowest BCUT2D eigenvalue weighted by molar-refractivity contribution is -0.119. The first-order chi connectivity index (χ1) is 12.0. The van der Waals surface area contributed by atoms with Gasteiger partial charge < -0.3 is 0 Å². The summed E-state index contributed by atoms with van der Waals surface area (Å²) < 4.78 is 27.8. The van der Waals surface area contributed by atoms with Gasteiger partial charge in [-0.1, -0.05) is 29.8 Å². The standard InChI is InChI=1S/C21H27NO3S/c1-13-7-8-19(16(4)11-13)9-10-20(23)22-26(24,25)21-17(5)14(2)12-15(3)18(21)6/h7-8,11-12H,9-10H2,1-6H3,(H,22,23). The lowest BCUT2D eigenvalue weighted by Crippen LogP contribution is -2.32. The zero-order valence-corrected chi connectivity index (χ0v) is 17.2. The quantitative estimate of drug-likeness (QED) is 0.862. The maximum absolute atomic E-state index is 12.8. The van der Waals surface area contributed by atoms with Crippen molar-refractivity contribution < 1.29 is 13.2 Å². The minimum atomic E-state index is -3.89. The largest absolute Gasteiger partial charge is 0.274 e. The van der Waals surface area contributed by atoms with Gasteiger partial charge in [0.2, 0.25) is 5.91 Å². The van der Waals surface area contributed by atoms with E-state index in [1.165, 1.54) is 5.56 Å². The first kappa shape index (κ1) is 20.2. The summed E-state index contributed by atoms with van der Waals surface area (Å²) in [6.45, 7) is 11.3. The number of benzene rings is 2. The molecule has 4 nitrogen and oxygen atoms in total. The highest BCUT2D eigenvalue weighted by molar-refractivity contribution is 7.90. The van der Waals surface area contributed by atoms with Crippen molar-refractivity contribution in [1.82, 2.24) is 4.72 Å². The van der Waals surface area contributed by atoms with Crippen molar-refractivity contribution in [3.8, 4) is 0 Å². The van der Waals surface area contributed by atoms with E-state index in [2.05, 4.69) is 10.8 Å². The lowest BCUT2D eigenvalue weighted by Gasteiger charge is -2.16. The molecular formula is C21H27NO3S. The molecule has 140 valence electrons. The van der Waals surface area contributed by atoms with Crippen molar-refractivity contribution in [2.24, 2.45) is 0 Å². The predicted molar refractivity (Wildman–Crippen MR) is 105 cm³/mol. The molecule has 0 atom stereocenters. The van der Waals surface area contributed by atoms with Gasteiger partial charge in [-0.05, 0) is 81.3 Å². The molecule has 1 amide bonds. The summed E-state index contributed by atoms with van der Waals surface area (Å²) in [5.74, 6) is -0.483. The Kier molecular flexibility index (Phi) is 5.91. The van der Waals surface area contributed by atoms with Gasteiger partial charge in [-0.3, -0.25) is 4.79 Å². The molecule has 1 N–H and O–H groups in total. The van der Waals surface area contributed by atoms with Crippen LogP contribution in [-0.2, 0) is 21.2 Å². The fourth-order valence-corrected chi connectivity index (χ4v) is 4.84. The molecule has 2 aromatic rings. The van der Waals surface area contributed by atoms with E-state index in [0.717, 1.165) is 22.3 Å². The first-order valence-corrected chi connectivity index (χ1v) is 10.2. The van der Waals surface area contributed by atoms with Crippen molar-refractivity contribution in [1.29, 1.82) is 0 Å². The Morgan fingerprint density at radius 1 is 0.885 bits per heavy atom. The fraction of sp³-hybridized carbons (Fsp3) is 0.381. The minimum absolute atomic E-state index is 0.131. The summed E-state index contributed by atoms with van der Waals surface area (Å²) >= 11 is 0. The van der Waals surface area contributed by atoms with Crippen LogP contribution in [0.15, 0.2) is 29.2 Å². The molecule has 0 aliphatic carbocycles. The SMILES string of the molecule is Cc1ccc(CCC(=O)NS(=O)(=O)c2c(C)c(C)cc(C)c2C)c(C)c1. The highest BCUT2D eigenvalue weighted by Crippen LogP contribution is 2.26. The number of hydrogen-bond acceptors (Lipinski definition) is 3. The molecule has 26 heavy (non-hydrogen) atoms. The molecule has 0 radical (unpaired) electrons. The smallest absolute Gasteiger partial charge is 0.264 e. The van der Waals surface area contributed by atoms with Crippen LogP contribution in [0.2, 0.25) is 0 Å². The van der Waals surface area contributed by atoms with Gasteiger partial charge in [-0.2, -0.15) is 0 Å². The van der Waals surface area contributed by atoms with Gasteiger partial charge in [-0.15, -0.1) is 0 Å². The van der Waals surface area contributed by atoms with Crippen molar-refractivity contribution >= 4 is 15.9 Å². The molecule has 0 heterocycles. The third kappa shape index (κ3) is 4.33. The second kappa shape index (κ2) is 7.62. The summed E-state index contributed by atoms with van der Waals surface area (Å²) in [6, 6.07) is 8.02. The molecule has 0 aromatic heterocycles. The van der Waals surface area contributed by atoms with Crippen LogP contribution in [0.1, 0.15) is 45.4 Å². The number of amides is 1. The topological polar surface area (TPSA) is 63.2 Å². The molecule has 2 rings (SSSR count). The molecule has 0 bridgehead atoms. The van der Waals surface area contributed by atoms with Crippen LogP contribution >= 0.6 is 0 Å². The van der Waals surface area contributed by atoms with E-state index in [-0.39, 0.29) is 11.3 Å². The lowest BCUT2D eigenvalue weighted by atomic mass is 10.0. The highest BCUT2D eigenvalue weighted by Gasteiger charge is 2.24. The number of nitrogens with one attached hydrogen (secondary N) is 1. The summed E-state index contributed by atoms with van der Waals surface area (Å²) in [5.41, 5.74) is 6.50. The molecular weight excluding hydrogens is 346 g/mol. The van der Waals surface area contributed by atoms with Crippen LogP contribution in [0, 0.1) is 41.5 Å². The van der Waals surface area contributed by atoms with Gasteiger partial charge in [0.25, 0.3) is 10.0 Å². The molecule has 0 fully saturated rings. The van der Waals surface area contributed by atoms with Crippen LogP contribution in [0.3, 0.4) is 0 Å². The number of carbonyl (C=O) groups is 1. The average Bonchev–Trinajstić information content (AvgIpc) is 2.51. The highest BCUT2D eigenvalue weighted by atomic mass is 32.2. The van der Waals surface area contributed by atoms with Crippen molar-refractivity contribution in [2.75, 3.05) is 0 Å². The molecule has 0 saturated heterocycles. The van der Waals surface area contributed by atoms with Crippen LogP contribution < -0.4 is 4.72 Å². The Balaban J connectivity index is 2.18. The van der Waals surface area contributed by atoms with Crippen molar-refractivity contribution in [3.63, 3.8) is 0 Å². The number of sulfonamides is 1. The molecule has 5 heteroatoms. The third-order valence-corrected chi connectivity index (χ3v) is 6.58. The number of carbonyl (C=O) groups excluding carboxylic acids is 1. The van der Waals surface area contributed by atoms with Gasteiger partial charge >= 0.3 is 0 Å². The van der Waals surface area contributed by atoms with Crippen LogP contribution in [0.4, 0.5) is 0 Å². The Morgan fingerprint density at radius 2 is 1.46 bits per heavy atom. The maximum atomic E-state index is 12.8. The van der Waals surface area contributed by atoms with E-state index in [1.54, 1.807) is 13.8 Å². The second-order valence-corrected chi connectivity index (χ2v) is 8.67. The summed E-state index contributed by atoms with van der Waals surface area (Å²) in [6.07, 6.45) is 0.643.